The van der Waals surface area contributed by atoms with Crippen LogP contribution in [0.2, 0.25) is 10.0 Å². The molecule has 0 atom stereocenters. The standard InChI is InChI=1S/C16H12Cl2N2O3/c1-20-9-19-13-7-11(3-4-14(13)20)23-16(21)8-22-15-5-2-10(17)6-12(15)18/h2-7,9H,8H2,1H3. The maximum Gasteiger partial charge on any atom is 0.349 e. The summed E-state index contributed by atoms with van der Waals surface area (Å²) in [6.07, 6.45) is 1.70. The fraction of sp³-hybridized carbons (Fsp3) is 0.125. The van der Waals surface area contributed by atoms with Crippen molar-refractivity contribution in [2.75, 3.05) is 6.61 Å². The third-order valence-electron chi connectivity index (χ3n) is 3.17. The van der Waals surface area contributed by atoms with Crippen molar-refractivity contribution < 1.29 is 14.3 Å². The molecule has 0 saturated carbocycles. The Kier molecular flexibility index (Phi) is 4.41. The van der Waals surface area contributed by atoms with Crippen LogP contribution >= 0.6 is 23.2 Å². The van der Waals surface area contributed by atoms with Crippen molar-refractivity contribution in [1.29, 1.82) is 0 Å². The first kappa shape index (κ1) is 15.6. The summed E-state index contributed by atoms with van der Waals surface area (Å²) in [5.74, 6) is 0.242. The minimum Gasteiger partial charge on any atom is -0.480 e. The van der Waals surface area contributed by atoms with Crippen LogP contribution < -0.4 is 9.47 Å². The smallest absolute Gasteiger partial charge is 0.349 e. The molecule has 0 fully saturated rings. The molecule has 0 N–H and O–H groups in total. The first-order valence-electron chi connectivity index (χ1n) is 6.72. The Balaban J connectivity index is 1.64. The van der Waals surface area contributed by atoms with Crippen LogP contribution in [-0.4, -0.2) is 22.1 Å². The normalized spacial score (nSPS) is 10.7. The fourth-order valence-electron chi connectivity index (χ4n) is 2.07. The van der Waals surface area contributed by atoms with Crippen molar-refractivity contribution in [2.45, 2.75) is 0 Å². The van der Waals surface area contributed by atoms with Gasteiger partial charge in [-0.15, -0.1) is 0 Å². The molecule has 0 unspecified atom stereocenters. The highest BCUT2D eigenvalue weighted by Gasteiger charge is 2.10. The monoisotopic (exact) mass is 350 g/mol. The Hall–Kier alpha value is -2.24. The van der Waals surface area contributed by atoms with Crippen LogP contribution in [0, 0.1) is 0 Å². The number of benzene rings is 2. The van der Waals surface area contributed by atoms with E-state index < -0.39 is 5.97 Å². The van der Waals surface area contributed by atoms with Gasteiger partial charge in [-0.3, -0.25) is 0 Å². The molecule has 2 aromatic carbocycles. The molecule has 7 heteroatoms. The Labute approximate surface area is 142 Å². The number of rotatable bonds is 4. The highest BCUT2D eigenvalue weighted by molar-refractivity contribution is 6.35. The van der Waals surface area contributed by atoms with E-state index in [4.69, 9.17) is 32.7 Å². The van der Waals surface area contributed by atoms with Crippen LogP contribution in [-0.2, 0) is 11.8 Å². The van der Waals surface area contributed by atoms with Crippen molar-refractivity contribution in [3.8, 4) is 11.5 Å². The average Bonchev–Trinajstić information content (AvgIpc) is 2.87. The van der Waals surface area contributed by atoms with E-state index in [1.54, 1.807) is 36.7 Å². The first-order chi connectivity index (χ1) is 11.0. The number of hydrogen-bond donors (Lipinski definition) is 0. The molecular formula is C16H12Cl2N2O3. The number of carbonyl (C=O) groups is 1. The first-order valence-corrected chi connectivity index (χ1v) is 7.48. The lowest BCUT2D eigenvalue weighted by Crippen LogP contribution is -2.17. The lowest BCUT2D eigenvalue weighted by atomic mass is 10.3. The number of hydrogen-bond acceptors (Lipinski definition) is 4. The summed E-state index contributed by atoms with van der Waals surface area (Å²) in [4.78, 5) is 16.1. The van der Waals surface area contributed by atoms with Crippen LogP contribution in [0.4, 0.5) is 0 Å². The van der Waals surface area contributed by atoms with Gasteiger partial charge in [0.1, 0.15) is 11.5 Å². The Morgan fingerprint density at radius 2 is 2.04 bits per heavy atom. The second-order valence-corrected chi connectivity index (χ2v) is 5.69. The van der Waals surface area contributed by atoms with Crippen LogP contribution in [0.25, 0.3) is 11.0 Å². The van der Waals surface area contributed by atoms with Crippen molar-refractivity contribution in [2.24, 2.45) is 7.05 Å². The maximum atomic E-state index is 11.9. The van der Waals surface area contributed by atoms with Crippen LogP contribution in [0.3, 0.4) is 0 Å². The molecule has 0 aliphatic carbocycles. The van der Waals surface area contributed by atoms with E-state index in [-0.39, 0.29) is 6.61 Å². The third kappa shape index (κ3) is 3.57. The second-order valence-electron chi connectivity index (χ2n) is 4.84. The maximum absolute atomic E-state index is 11.9. The van der Waals surface area contributed by atoms with E-state index in [9.17, 15) is 4.79 Å². The summed E-state index contributed by atoms with van der Waals surface area (Å²) in [5.41, 5.74) is 1.70. The topological polar surface area (TPSA) is 53.4 Å². The van der Waals surface area contributed by atoms with Gasteiger partial charge in [-0.1, -0.05) is 23.2 Å². The zero-order chi connectivity index (χ0) is 16.4. The van der Waals surface area contributed by atoms with Crippen molar-refractivity contribution in [1.82, 2.24) is 9.55 Å². The quantitative estimate of drug-likeness (QED) is 0.529. The number of nitrogens with zero attached hydrogens (tertiary/aromatic N) is 2. The highest BCUT2D eigenvalue weighted by atomic mass is 35.5. The lowest BCUT2D eigenvalue weighted by Gasteiger charge is -2.08. The summed E-state index contributed by atoms with van der Waals surface area (Å²) < 4.78 is 12.4. The fourth-order valence-corrected chi connectivity index (χ4v) is 2.53. The minimum atomic E-state index is -0.536. The lowest BCUT2D eigenvalue weighted by molar-refractivity contribution is -0.136. The molecule has 0 aliphatic heterocycles. The van der Waals surface area contributed by atoms with E-state index in [1.807, 2.05) is 17.7 Å². The number of carbonyl (C=O) groups excluding carboxylic acids is 1. The predicted octanol–water partition coefficient (Wildman–Crippen LogP) is 3.86. The molecule has 1 aromatic heterocycles. The molecule has 0 aliphatic rings. The van der Waals surface area contributed by atoms with Crippen LogP contribution in [0.1, 0.15) is 0 Å². The van der Waals surface area contributed by atoms with Crippen LogP contribution in [0.15, 0.2) is 42.7 Å². The summed E-state index contributed by atoms with van der Waals surface area (Å²) in [6, 6.07) is 10.0. The molecule has 3 rings (SSSR count). The summed E-state index contributed by atoms with van der Waals surface area (Å²) in [6.45, 7) is -0.262. The molecule has 23 heavy (non-hydrogen) atoms. The van der Waals surface area contributed by atoms with Gasteiger partial charge in [0.25, 0.3) is 0 Å². The van der Waals surface area contributed by atoms with Gasteiger partial charge in [-0.25, -0.2) is 9.78 Å². The van der Waals surface area contributed by atoms with Gasteiger partial charge in [-0.2, -0.15) is 0 Å². The minimum absolute atomic E-state index is 0.262. The highest BCUT2D eigenvalue weighted by Crippen LogP contribution is 2.27. The van der Waals surface area contributed by atoms with Gasteiger partial charge in [0, 0.05) is 18.1 Å². The van der Waals surface area contributed by atoms with E-state index in [0.717, 1.165) is 11.0 Å². The Morgan fingerprint density at radius 1 is 1.22 bits per heavy atom. The molecule has 0 saturated heterocycles. The van der Waals surface area contributed by atoms with Gasteiger partial charge in [0.05, 0.1) is 22.4 Å². The predicted molar refractivity (Wildman–Crippen MR) is 88.3 cm³/mol. The Morgan fingerprint density at radius 3 is 2.83 bits per heavy atom. The molecule has 118 valence electrons. The number of ether oxygens (including phenoxy) is 2. The van der Waals surface area contributed by atoms with E-state index >= 15 is 0 Å². The number of halogens is 2. The molecular weight excluding hydrogens is 339 g/mol. The average molecular weight is 351 g/mol. The molecule has 1 heterocycles. The molecule has 5 nitrogen and oxygen atoms in total. The SMILES string of the molecule is Cn1cnc2cc(OC(=O)COc3ccc(Cl)cc3Cl)ccc21. The second kappa shape index (κ2) is 6.48. The van der Waals surface area contributed by atoms with Gasteiger partial charge >= 0.3 is 5.97 Å². The Bertz CT molecular complexity index is 877. The van der Waals surface area contributed by atoms with Crippen molar-refractivity contribution in [3.63, 3.8) is 0 Å². The number of fused-ring (bicyclic) bond motifs is 1. The molecule has 0 radical (unpaired) electrons. The van der Waals surface area contributed by atoms with E-state index in [1.165, 1.54) is 0 Å². The molecule has 3 aromatic rings. The summed E-state index contributed by atoms with van der Waals surface area (Å²) in [7, 11) is 1.89. The van der Waals surface area contributed by atoms with E-state index in [2.05, 4.69) is 4.98 Å². The van der Waals surface area contributed by atoms with Gasteiger partial charge in [-0.05, 0) is 30.3 Å². The third-order valence-corrected chi connectivity index (χ3v) is 3.70. The number of aryl methyl sites for hydroxylation is 1. The van der Waals surface area contributed by atoms with Crippen molar-refractivity contribution >= 4 is 40.2 Å². The number of imidazole rings is 1. The van der Waals surface area contributed by atoms with Crippen molar-refractivity contribution in [3.05, 3.63) is 52.8 Å². The number of esters is 1. The zero-order valence-electron chi connectivity index (χ0n) is 12.1. The van der Waals surface area contributed by atoms with Gasteiger partial charge < -0.3 is 14.0 Å². The van der Waals surface area contributed by atoms with E-state index in [0.29, 0.717) is 21.5 Å². The summed E-state index contributed by atoms with van der Waals surface area (Å²) in [5, 5.41) is 0.828. The number of aromatic nitrogens is 2. The molecule has 0 bridgehead atoms. The van der Waals surface area contributed by atoms with Gasteiger partial charge in [0.2, 0.25) is 0 Å². The largest absolute Gasteiger partial charge is 0.480 e. The van der Waals surface area contributed by atoms with Crippen LogP contribution in [0.5, 0.6) is 11.5 Å². The van der Waals surface area contributed by atoms with Gasteiger partial charge in [0.15, 0.2) is 6.61 Å². The zero-order valence-corrected chi connectivity index (χ0v) is 13.6. The summed E-state index contributed by atoms with van der Waals surface area (Å²) >= 11 is 11.8. The molecule has 0 spiro atoms. The molecule has 0 amide bonds.